The van der Waals surface area contributed by atoms with Gasteiger partial charge in [-0.05, 0) is 51.4 Å². The van der Waals surface area contributed by atoms with Crippen molar-refractivity contribution in [1.29, 1.82) is 0 Å². The first kappa shape index (κ1) is 13.9. The Labute approximate surface area is 105 Å². The Balaban J connectivity index is 2.79. The van der Waals surface area contributed by atoms with E-state index in [1.165, 1.54) is 11.1 Å². The fourth-order valence-electron chi connectivity index (χ4n) is 1.85. The van der Waals surface area contributed by atoms with Gasteiger partial charge in [-0.3, -0.25) is 9.69 Å². The lowest BCUT2D eigenvalue weighted by Crippen LogP contribution is -2.35. The molecule has 0 fully saturated rings. The molecule has 0 aliphatic rings. The Morgan fingerprint density at radius 1 is 1.24 bits per heavy atom. The molecule has 0 radical (unpaired) electrons. The van der Waals surface area contributed by atoms with Crippen molar-refractivity contribution in [2.75, 3.05) is 13.1 Å². The van der Waals surface area contributed by atoms with E-state index in [1.54, 1.807) is 0 Å². The maximum Gasteiger partial charge on any atom is 0.176 e. The molecule has 1 aromatic rings. The number of carbonyl (C=O) groups excluding carboxylic acids is 1. The zero-order valence-electron chi connectivity index (χ0n) is 11.6. The van der Waals surface area contributed by atoms with Crippen molar-refractivity contribution in [1.82, 2.24) is 4.90 Å². The fourth-order valence-corrected chi connectivity index (χ4v) is 1.85. The fraction of sp³-hybridized carbons (Fsp3) is 0.533. The molecule has 17 heavy (non-hydrogen) atoms. The summed E-state index contributed by atoms with van der Waals surface area (Å²) in [6.45, 7) is 11.9. The van der Waals surface area contributed by atoms with E-state index in [-0.39, 0.29) is 5.78 Å². The Morgan fingerprint density at radius 2 is 1.88 bits per heavy atom. The van der Waals surface area contributed by atoms with Crippen LogP contribution in [-0.4, -0.2) is 29.8 Å². The quantitative estimate of drug-likeness (QED) is 0.728. The van der Waals surface area contributed by atoms with Crippen molar-refractivity contribution in [2.45, 2.75) is 40.7 Å². The van der Waals surface area contributed by atoms with Gasteiger partial charge in [0.1, 0.15) is 0 Å². The SMILES string of the molecule is CCN(CC(=O)c1ccc(C)c(C)c1)C(C)C. The summed E-state index contributed by atoms with van der Waals surface area (Å²) in [5.74, 6) is 0.212. The van der Waals surface area contributed by atoms with Crippen molar-refractivity contribution < 1.29 is 4.79 Å². The Hall–Kier alpha value is -1.15. The van der Waals surface area contributed by atoms with Gasteiger partial charge in [-0.25, -0.2) is 0 Å². The maximum atomic E-state index is 12.1. The number of carbonyl (C=O) groups is 1. The molecule has 94 valence electrons. The van der Waals surface area contributed by atoms with Crippen LogP contribution < -0.4 is 0 Å². The van der Waals surface area contributed by atoms with E-state index in [1.807, 2.05) is 25.1 Å². The molecule has 0 heterocycles. The predicted octanol–water partition coefficient (Wildman–Crippen LogP) is 3.22. The highest BCUT2D eigenvalue weighted by Gasteiger charge is 2.13. The number of nitrogens with zero attached hydrogens (tertiary/aromatic N) is 1. The second kappa shape index (κ2) is 5.97. The molecule has 0 saturated carbocycles. The predicted molar refractivity (Wildman–Crippen MR) is 72.6 cm³/mol. The van der Waals surface area contributed by atoms with Crippen LogP contribution in [0.15, 0.2) is 18.2 Å². The van der Waals surface area contributed by atoms with E-state index >= 15 is 0 Å². The summed E-state index contributed by atoms with van der Waals surface area (Å²) < 4.78 is 0. The summed E-state index contributed by atoms with van der Waals surface area (Å²) in [5.41, 5.74) is 3.24. The molecule has 0 amide bonds. The number of hydrogen-bond acceptors (Lipinski definition) is 2. The van der Waals surface area contributed by atoms with Gasteiger partial charge in [-0.15, -0.1) is 0 Å². The van der Waals surface area contributed by atoms with Crippen LogP contribution in [-0.2, 0) is 0 Å². The average Bonchev–Trinajstić information content (AvgIpc) is 2.28. The van der Waals surface area contributed by atoms with E-state index < -0.39 is 0 Å². The highest BCUT2D eigenvalue weighted by atomic mass is 16.1. The molecule has 0 aliphatic carbocycles. The lowest BCUT2D eigenvalue weighted by molar-refractivity contribution is 0.0911. The van der Waals surface area contributed by atoms with E-state index in [9.17, 15) is 4.79 Å². The molecule has 0 aliphatic heterocycles. The summed E-state index contributed by atoms with van der Waals surface area (Å²) in [7, 11) is 0. The Morgan fingerprint density at radius 3 is 2.35 bits per heavy atom. The van der Waals surface area contributed by atoms with Crippen LogP contribution in [0.25, 0.3) is 0 Å². The first-order valence-corrected chi connectivity index (χ1v) is 6.30. The highest BCUT2D eigenvalue weighted by Crippen LogP contribution is 2.11. The largest absolute Gasteiger partial charge is 0.294 e. The first-order valence-electron chi connectivity index (χ1n) is 6.30. The van der Waals surface area contributed by atoms with Gasteiger partial charge >= 0.3 is 0 Å². The van der Waals surface area contributed by atoms with Crippen LogP contribution in [0.4, 0.5) is 0 Å². The van der Waals surface area contributed by atoms with Crippen LogP contribution in [0.3, 0.4) is 0 Å². The molecule has 2 heteroatoms. The Kier molecular flexibility index (Phi) is 4.88. The normalized spacial score (nSPS) is 11.2. The van der Waals surface area contributed by atoms with Crippen molar-refractivity contribution in [3.63, 3.8) is 0 Å². The lowest BCUT2D eigenvalue weighted by Gasteiger charge is -2.23. The van der Waals surface area contributed by atoms with Gasteiger partial charge < -0.3 is 0 Å². The minimum Gasteiger partial charge on any atom is -0.294 e. The van der Waals surface area contributed by atoms with Crippen LogP contribution in [0.1, 0.15) is 42.3 Å². The number of likely N-dealkylation sites (N-methyl/N-ethyl adjacent to an activating group) is 1. The summed E-state index contributed by atoms with van der Waals surface area (Å²) >= 11 is 0. The molecule has 0 spiro atoms. The maximum absolute atomic E-state index is 12.1. The van der Waals surface area contributed by atoms with Crippen LogP contribution >= 0.6 is 0 Å². The number of rotatable bonds is 5. The average molecular weight is 233 g/mol. The van der Waals surface area contributed by atoms with Gasteiger partial charge in [0.15, 0.2) is 5.78 Å². The second-order valence-electron chi connectivity index (χ2n) is 4.88. The monoisotopic (exact) mass is 233 g/mol. The van der Waals surface area contributed by atoms with Crippen LogP contribution in [0.5, 0.6) is 0 Å². The molecule has 0 N–H and O–H groups in total. The molecular weight excluding hydrogens is 210 g/mol. The molecule has 1 rings (SSSR count). The second-order valence-corrected chi connectivity index (χ2v) is 4.88. The zero-order chi connectivity index (χ0) is 13.0. The molecule has 1 aromatic carbocycles. The van der Waals surface area contributed by atoms with E-state index in [0.29, 0.717) is 12.6 Å². The highest BCUT2D eigenvalue weighted by molar-refractivity contribution is 5.97. The number of Topliss-reactive ketones (excluding diaryl/α,β-unsaturated/α-hetero) is 1. The number of aryl methyl sites for hydroxylation is 2. The van der Waals surface area contributed by atoms with Crippen LogP contribution in [0.2, 0.25) is 0 Å². The molecule has 0 unspecified atom stereocenters. The number of ketones is 1. The van der Waals surface area contributed by atoms with Crippen molar-refractivity contribution in [3.8, 4) is 0 Å². The van der Waals surface area contributed by atoms with Crippen molar-refractivity contribution in [3.05, 3.63) is 34.9 Å². The standard InChI is InChI=1S/C15H23NO/c1-6-16(11(2)3)10-15(17)14-8-7-12(4)13(5)9-14/h7-9,11H,6,10H2,1-5H3. The van der Waals surface area contributed by atoms with Crippen LogP contribution in [0, 0.1) is 13.8 Å². The summed E-state index contributed by atoms with van der Waals surface area (Å²) in [4.78, 5) is 14.3. The zero-order valence-corrected chi connectivity index (χ0v) is 11.6. The molecule has 0 saturated heterocycles. The molecule has 0 aromatic heterocycles. The molecule has 2 nitrogen and oxygen atoms in total. The third-order valence-corrected chi connectivity index (χ3v) is 3.31. The van der Waals surface area contributed by atoms with Crippen molar-refractivity contribution in [2.24, 2.45) is 0 Å². The smallest absolute Gasteiger partial charge is 0.176 e. The molecule has 0 atom stereocenters. The third kappa shape index (κ3) is 3.67. The van der Waals surface area contributed by atoms with Gasteiger partial charge in [0.05, 0.1) is 6.54 Å². The van der Waals surface area contributed by atoms with E-state index in [0.717, 1.165) is 12.1 Å². The summed E-state index contributed by atoms with van der Waals surface area (Å²) in [6, 6.07) is 6.36. The minimum absolute atomic E-state index is 0.212. The van der Waals surface area contributed by atoms with Gasteiger partial charge in [0.25, 0.3) is 0 Å². The number of hydrogen-bond donors (Lipinski definition) is 0. The van der Waals surface area contributed by atoms with Crippen molar-refractivity contribution >= 4 is 5.78 Å². The molecule has 0 bridgehead atoms. The Bertz CT molecular complexity index is 396. The number of benzene rings is 1. The minimum atomic E-state index is 0.212. The molecular formula is C15H23NO. The van der Waals surface area contributed by atoms with E-state index in [2.05, 4.69) is 32.6 Å². The summed E-state index contributed by atoms with van der Waals surface area (Å²) in [5, 5.41) is 0. The third-order valence-electron chi connectivity index (χ3n) is 3.31. The van der Waals surface area contributed by atoms with Gasteiger partial charge in [-0.1, -0.05) is 19.1 Å². The van der Waals surface area contributed by atoms with Gasteiger partial charge in [-0.2, -0.15) is 0 Å². The summed E-state index contributed by atoms with van der Waals surface area (Å²) in [6.07, 6.45) is 0. The first-order chi connectivity index (χ1) is 7.95. The lowest BCUT2D eigenvalue weighted by atomic mass is 10.0. The van der Waals surface area contributed by atoms with E-state index in [4.69, 9.17) is 0 Å². The topological polar surface area (TPSA) is 20.3 Å². The van der Waals surface area contributed by atoms with Gasteiger partial charge in [0.2, 0.25) is 0 Å². The van der Waals surface area contributed by atoms with Gasteiger partial charge in [0, 0.05) is 11.6 Å².